The van der Waals surface area contributed by atoms with Crippen molar-refractivity contribution in [3.8, 4) is 0 Å². The molecule has 12 nitrogen and oxygen atoms in total. The fourth-order valence-corrected chi connectivity index (χ4v) is 6.26. The van der Waals surface area contributed by atoms with E-state index in [-0.39, 0.29) is 18.9 Å². The van der Waals surface area contributed by atoms with Gasteiger partial charge in [0.15, 0.2) is 6.29 Å². The molecule has 0 saturated carbocycles. The van der Waals surface area contributed by atoms with Crippen LogP contribution in [-0.4, -0.2) is 95.4 Å². The van der Waals surface area contributed by atoms with Crippen LogP contribution in [0, 0.1) is 0 Å². The van der Waals surface area contributed by atoms with Crippen LogP contribution in [0.2, 0.25) is 0 Å². The number of aliphatic hydroxyl groups is 4. The van der Waals surface area contributed by atoms with Gasteiger partial charge in [0.1, 0.15) is 24.4 Å². The SMILES string of the molecule is CCCCCC/C=C\CCCC(=O)NC(COC1OC(CO)C(O)C(OS(=O)(=O)O)C1O)C(O)/C=C/CCCCCCCCCCCCC. The average Bonchev–Trinajstić information content (AvgIpc) is 3.06. The van der Waals surface area contributed by atoms with E-state index in [0.29, 0.717) is 6.42 Å². The van der Waals surface area contributed by atoms with Crippen LogP contribution in [0.4, 0.5) is 0 Å². The van der Waals surface area contributed by atoms with Gasteiger partial charge < -0.3 is 35.2 Å². The molecule has 0 bridgehead atoms. The number of amides is 1. The third-order valence-electron chi connectivity index (χ3n) is 8.73. The summed E-state index contributed by atoms with van der Waals surface area (Å²) in [4.78, 5) is 12.8. The van der Waals surface area contributed by atoms with Gasteiger partial charge in [-0.2, -0.15) is 8.42 Å². The van der Waals surface area contributed by atoms with Gasteiger partial charge in [-0.15, -0.1) is 0 Å². The molecular formula is C36H67NO11S. The van der Waals surface area contributed by atoms with Gasteiger partial charge in [-0.3, -0.25) is 9.35 Å². The van der Waals surface area contributed by atoms with Crippen molar-refractivity contribution in [1.82, 2.24) is 5.32 Å². The van der Waals surface area contributed by atoms with Crippen molar-refractivity contribution in [3.05, 3.63) is 24.3 Å². The van der Waals surface area contributed by atoms with Crippen LogP contribution in [0.5, 0.6) is 0 Å². The Hall–Kier alpha value is -1.42. The molecule has 7 atom stereocenters. The molecule has 7 unspecified atom stereocenters. The van der Waals surface area contributed by atoms with Crippen molar-refractivity contribution in [2.24, 2.45) is 0 Å². The molecular weight excluding hydrogens is 654 g/mol. The van der Waals surface area contributed by atoms with Crippen LogP contribution in [0.3, 0.4) is 0 Å². The Bertz CT molecular complexity index is 993. The van der Waals surface area contributed by atoms with Gasteiger partial charge in [0, 0.05) is 6.42 Å². The molecule has 0 spiro atoms. The lowest BCUT2D eigenvalue weighted by Gasteiger charge is -2.41. The summed E-state index contributed by atoms with van der Waals surface area (Å²) in [5.74, 6) is -0.302. The van der Waals surface area contributed by atoms with Gasteiger partial charge in [-0.1, -0.05) is 122 Å². The highest BCUT2D eigenvalue weighted by Gasteiger charge is 2.48. The molecule has 0 aromatic carbocycles. The Balaban J connectivity index is 2.69. The number of carbonyl (C=O) groups is 1. The number of carbonyl (C=O) groups excluding carboxylic acids is 1. The summed E-state index contributed by atoms with van der Waals surface area (Å²) in [6.07, 6.45) is 19.6. The van der Waals surface area contributed by atoms with Crippen molar-refractivity contribution in [2.45, 2.75) is 185 Å². The molecule has 1 rings (SSSR count). The molecule has 0 aliphatic carbocycles. The number of aliphatic hydroxyl groups excluding tert-OH is 4. The van der Waals surface area contributed by atoms with Gasteiger partial charge >= 0.3 is 10.4 Å². The van der Waals surface area contributed by atoms with E-state index in [9.17, 15) is 33.6 Å². The lowest BCUT2D eigenvalue weighted by molar-refractivity contribution is -0.298. The van der Waals surface area contributed by atoms with Gasteiger partial charge in [-0.25, -0.2) is 4.18 Å². The Kier molecular flexibility index (Phi) is 26.2. The number of hydrogen-bond acceptors (Lipinski definition) is 10. The Morgan fingerprint density at radius 3 is 1.86 bits per heavy atom. The van der Waals surface area contributed by atoms with E-state index < -0.39 is 59.9 Å². The predicted octanol–water partition coefficient (Wildman–Crippen LogP) is 5.43. The molecule has 288 valence electrons. The van der Waals surface area contributed by atoms with Crippen LogP contribution in [-0.2, 0) is 28.9 Å². The molecule has 0 aromatic heterocycles. The number of ether oxygens (including phenoxy) is 2. The Morgan fingerprint density at radius 2 is 1.31 bits per heavy atom. The highest BCUT2D eigenvalue weighted by atomic mass is 32.3. The predicted molar refractivity (Wildman–Crippen MR) is 190 cm³/mol. The Morgan fingerprint density at radius 1 is 0.796 bits per heavy atom. The van der Waals surface area contributed by atoms with Crippen LogP contribution in [0.1, 0.15) is 142 Å². The summed E-state index contributed by atoms with van der Waals surface area (Å²) in [5, 5.41) is 44.3. The van der Waals surface area contributed by atoms with Gasteiger partial charge in [0.25, 0.3) is 0 Å². The molecule has 13 heteroatoms. The molecule has 1 aliphatic rings. The first-order chi connectivity index (χ1) is 23.5. The summed E-state index contributed by atoms with van der Waals surface area (Å²) >= 11 is 0. The molecule has 1 heterocycles. The second-order valence-corrected chi connectivity index (χ2v) is 14.2. The topological polar surface area (TPSA) is 192 Å². The second kappa shape index (κ2) is 28.2. The molecule has 0 aromatic rings. The fourth-order valence-electron chi connectivity index (χ4n) is 5.75. The second-order valence-electron chi connectivity index (χ2n) is 13.2. The van der Waals surface area contributed by atoms with Crippen molar-refractivity contribution in [3.63, 3.8) is 0 Å². The lowest BCUT2D eigenvalue weighted by Crippen LogP contribution is -2.61. The van der Waals surface area contributed by atoms with E-state index in [0.717, 1.165) is 38.5 Å². The van der Waals surface area contributed by atoms with Crippen LogP contribution in [0.25, 0.3) is 0 Å². The Labute approximate surface area is 295 Å². The normalized spacial score (nSPS) is 23.0. The smallest absolute Gasteiger partial charge is 0.394 e. The van der Waals surface area contributed by atoms with E-state index in [1.54, 1.807) is 6.08 Å². The monoisotopic (exact) mass is 721 g/mol. The summed E-state index contributed by atoms with van der Waals surface area (Å²) in [6.45, 7) is 3.28. The zero-order valence-corrected chi connectivity index (χ0v) is 30.8. The number of allylic oxidation sites excluding steroid dienone is 3. The summed E-state index contributed by atoms with van der Waals surface area (Å²) < 4.78 is 47.2. The molecule has 1 amide bonds. The van der Waals surface area contributed by atoms with Gasteiger partial charge in [0.2, 0.25) is 5.91 Å². The minimum Gasteiger partial charge on any atom is -0.394 e. The van der Waals surface area contributed by atoms with Crippen molar-refractivity contribution >= 4 is 16.3 Å². The van der Waals surface area contributed by atoms with Crippen molar-refractivity contribution < 1.29 is 51.8 Å². The fraction of sp³-hybridized carbons (Fsp3) is 0.861. The molecule has 49 heavy (non-hydrogen) atoms. The maximum absolute atomic E-state index is 12.8. The van der Waals surface area contributed by atoms with Gasteiger partial charge in [-0.05, 0) is 38.5 Å². The van der Waals surface area contributed by atoms with E-state index >= 15 is 0 Å². The van der Waals surface area contributed by atoms with E-state index in [2.05, 4.69) is 35.5 Å². The average molecular weight is 722 g/mol. The maximum Gasteiger partial charge on any atom is 0.397 e. The van der Waals surface area contributed by atoms with Crippen LogP contribution in [0.15, 0.2) is 24.3 Å². The molecule has 1 aliphatic heterocycles. The summed E-state index contributed by atoms with van der Waals surface area (Å²) in [7, 11) is -5.08. The third-order valence-corrected chi connectivity index (χ3v) is 9.19. The summed E-state index contributed by atoms with van der Waals surface area (Å²) in [6, 6.07) is -0.952. The van der Waals surface area contributed by atoms with Crippen molar-refractivity contribution in [2.75, 3.05) is 13.2 Å². The minimum atomic E-state index is -5.08. The van der Waals surface area contributed by atoms with Crippen LogP contribution >= 0.6 is 0 Å². The first kappa shape index (κ1) is 45.6. The third kappa shape index (κ3) is 22.2. The highest BCUT2D eigenvalue weighted by Crippen LogP contribution is 2.26. The largest absolute Gasteiger partial charge is 0.397 e. The lowest BCUT2D eigenvalue weighted by atomic mass is 9.99. The number of rotatable bonds is 30. The quantitative estimate of drug-likeness (QED) is 0.0315. The van der Waals surface area contributed by atoms with E-state index in [1.807, 2.05) is 6.08 Å². The standard InChI is InChI=1S/C36H67NO11S/c1-3-5-7-9-11-13-14-15-16-18-19-21-23-25-30(39)29(37-32(40)26-24-22-20-17-12-10-8-6-4-2)28-46-36-34(42)35(48-49(43,44)45)33(41)31(27-38)47-36/h17,20,23,25,29-31,33-36,38-39,41-42H,3-16,18-19,21-22,24,26-28H2,1-2H3,(H,37,40)(H,43,44,45)/b20-17-,25-23+. The number of hydrogen-bond donors (Lipinski definition) is 6. The molecule has 1 saturated heterocycles. The zero-order valence-electron chi connectivity index (χ0n) is 30.0. The van der Waals surface area contributed by atoms with Crippen LogP contribution < -0.4 is 5.32 Å². The molecule has 1 fully saturated rings. The van der Waals surface area contributed by atoms with Crippen molar-refractivity contribution in [1.29, 1.82) is 0 Å². The first-order valence-electron chi connectivity index (χ1n) is 18.7. The highest BCUT2D eigenvalue weighted by molar-refractivity contribution is 7.80. The first-order valence-corrected chi connectivity index (χ1v) is 20.1. The van der Waals surface area contributed by atoms with Gasteiger partial charge in [0.05, 0.1) is 25.4 Å². The number of nitrogens with one attached hydrogen (secondary N) is 1. The molecule has 0 radical (unpaired) electrons. The molecule has 6 N–H and O–H groups in total. The zero-order chi connectivity index (χ0) is 36.3. The maximum atomic E-state index is 12.8. The minimum absolute atomic E-state index is 0.220. The summed E-state index contributed by atoms with van der Waals surface area (Å²) in [5.41, 5.74) is 0. The van der Waals surface area contributed by atoms with E-state index in [1.165, 1.54) is 77.0 Å². The van der Waals surface area contributed by atoms with E-state index in [4.69, 9.17) is 14.0 Å². The number of unbranched alkanes of at least 4 members (excludes halogenated alkanes) is 16.